The Morgan fingerprint density at radius 1 is 0.914 bits per heavy atom. The van der Waals surface area contributed by atoms with E-state index in [1.54, 1.807) is 12.1 Å². The number of carbonyl (C=O) groups excluding carboxylic acids is 1. The van der Waals surface area contributed by atoms with Crippen molar-refractivity contribution in [3.8, 4) is 0 Å². The summed E-state index contributed by atoms with van der Waals surface area (Å²) in [6.07, 6.45) is 3.98. The van der Waals surface area contributed by atoms with Crippen molar-refractivity contribution >= 4 is 59.7 Å². The number of hydrogen-bond acceptors (Lipinski definition) is 7. The zero-order chi connectivity index (χ0) is 26.2. The van der Waals surface area contributed by atoms with Crippen molar-refractivity contribution in [1.82, 2.24) is 0 Å². The zero-order valence-corrected chi connectivity index (χ0v) is 21.1. The van der Waals surface area contributed by atoms with Crippen LogP contribution in [-0.2, 0) is 35.1 Å². The van der Waals surface area contributed by atoms with Crippen LogP contribution in [0.5, 0.6) is 0 Å². The lowest BCUT2D eigenvalue weighted by molar-refractivity contribution is -0.118. The molecular weight excluding hydrogens is 520 g/mol. The van der Waals surface area contributed by atoms with Gasteiger partial charge in [0.25, 0.3) is 20.2 Å². The van der Waals surface area contributed by atoms with Crippen molar-refractivity contribution in [3.63, 3.8) is 0 Å². The first-order valence-electron chi connectivity index (χ1n) is 10.2. The van der Waals surface area contributed by atoms with Crippen molar-refractivity contribution in [2.24, 2.45) is 0 Å². The molecule has 0 aromatic heterocycles. The smallest absolute Gasteiger partial charge is 0.295 e. The fourth-order valence-corrected chi connectivity index (χ4v) is 5.22. The molecule has 0 radical (unpaired) electrons. The number of rotatable bonds is 9. The van der Waals surface area contributed by atoms with Gasteiger partial charge in [-0.3, -0.25) is 18.6 Å². The van der Waals surface area contributed by atoms with Gasteiger partial charge in [-0.2, -0.15) is 16.8 Å². The average Bonchev–Trinajstić information content (AvgIpc) is 3.58. The standard InChI is InChI=1S/C21H24N2O9S3/c1-21(2,35(30,31)32)20(24)22-16-8-4-14(5-9-16)3-6-15-7-10-17(13-19(15)34(27,28)29)23-33(25,26)18-11-12-18/h3-10,13,18,23H,11-12H2,1-2H3,(H,22,24)(H,27,28,29)(H,30,31,32). The van der Waals surface area contributed by atoms with Gasteiger partial charge in [-0.25, -0.2) is 8.42 Å². The van der Waals surface area contributed by atoms with E-state index >= 15 is 0 Å². The normalized spacial score (nSPS) is 15.2. The Bertz CT molecular complexity index is 1490. The lowest BCUT2D eigenvalue weighted by Gasteiger charge is -2.19. The monoisotopic (exact) mass is 544 g/mol. The molecule has 1 fully saturated rings. The number of anilines is 2. The number of amides is 1. The van der Waals surface area contributed by atoms with Crippen LogP contribution in [-0.4, -0.2) is 50.3 Å². The number of hydrogen-bond donors (Lipinski definition) is 4. The second-order valence-corrected chi connectivity index (χ2v) is 13.8. The maximum absolute atomic E-state index is 12.2. The molecule has 11 nitrogen and oxygen atoms in total. The van der Waals surface area contributed by atoms with Gasteiger partial charge in [-0.15, -0.1) is 0 Å². The van der Waals surface area contributed by atoms with E-state index in [1.807, 2.05) is 0 Å². The first-order valence-corrected chi connectivity index (χ1v) is 14.6. The number of sulfonamides is 1. The lowest BCUT2D eigenvalue weighted by Crippen LogP contribution is -2.44. The van der Waals surface area contributed by atoms with Crippen molar-refractivity contribution in [1.29, 1.82) is 0 Å². The van der Waals surface area contributed by atoms with Crippen LogP contribution < -0.4 is 10.0 Å². The Labute approximate surface area is 203 Å². The first-order chi connectivity index (χ1) is 16.0. The Balaban J connectivity index is 1.79. The van der Waals surface area contributed by atoms with Crippen LogP contribution in [0.25, 0.3) is 12.2 Å². The molecule has 2 aromatic rings. The molecule has 2 aromatic carbocycles. The Kier molecular flexibility index (Phi) is 7.16. The summed E-state index contributed by atoms with van der Waals surface area (Å²) < 4.78 is 89.8. The van der Waals surface area contributed by atoms with Crippen LogP contribution in [0.4, 0.5) is 11.4 Å². The van der Waals surface area contributed by atoms with E-state index < -0.39 is 51.1 Å². The van der Waals surface area contributed by atoms with Crippen LogP contribution in [0.15, 0.2) is 47.4 Å². The molecule has 1 aliphatic rings. The third-order valence-electron chi connectivity index (χ3n) is 5.33. The third kappa shape index (κ3) is 6.46. The maximum atomic E-state index is 12.2. The van der Waals surface area contributed by atoms with Gasteiger partial charge in [0.05, 0.1) is 5.25 Å². The summed E-state index contributed by atoms with van der Waals surface area (Å²) >= 11 is 0. The molecule has 1 amide bonds. The van der Waals surface area contributed by atoms with Crippen LogP contribution in [0, 0.1) is 0 Å². The quantitative estimate of drug-likeness (QED) is 0.272. The highest BCUT2D eigenvalue weighted by Gasteiger charge is 2.40. The van der Waals surface area contributed by atoms with E-state index in [0.717, 1.165) is 19.9 Å². The predicted octanol–water partition coefficient (Wildman–Crippen LogP) is 2.61. The molecule has 14 heteroatoms. The van der Waals surface area contributed by atoms with E-state index in [0.29, 0.717) is 18.4 Å². The van der Waals surface area contributed by atoms with Gasteiger partial charge in [-0.1, -0.05) is 30.4 Å². The number of carbonyl (C=O) groups is 1. The third-order valence-corrected chi connectivity index (χ3v) is 9.58. The highest BCUT2D eigenvalue weighted by atomic mass is 32.2. The van der Waals surface area contributed by atoms with E-state index in [-0.39, 0.29) is 16.9 Å². The van der Waals surface area contributed by atoms with Crippen molar-refractivity contribution in [2.45, 2.75) is 41.6 Å². The molecule has 0 aliphatic heterocycles. The molecule has 35 heavy (non-hydrogen) atoms. The molecule has 190 valence electrons. The SMILES string of the molecule is CC(C)(C(=O)Nc1ccc(C=Cc2ccc(NS(=O)(=O)C3CC3)cc2S(=O)(=O)O)cc1)S(=O)(=O)O. The Morgan fingerprint density at radius 3 is 2.00 bits per heavy atom. The van der Waals surface area contributed by atoms with Crippen molar-refractivity contribution in [2.75, 3.05) is 10.0 Å². The molecule has 0 atom stereocenters. The number of nitrogens with one attached hydrogen (secondary N) is 2. The molecule has 0 bridgehead atoms. The summed E-state index contributed by atoms with van der Waals surface area (Å²) in [7, 11) is -12.9. The van der Waals surface area contributed by atoms with Crippen molar-refractivity contribution in [3.05, 3.63) is 53.6 Å². The van der Waals surface area contributed by atoms with E-state index in [2.05, 4.69) is 10.0 Å². The van der Waals surface area contributed by atoms with Gasteiger partial charge in [0.15, 0.2) is 4.75 Å². The second kappa shape index (κ2) is 9.35. The fraction of sp³-hybridized carbons (Fsp3) is 0.286. The second-order valence-electron chi connectivity index (χ2n) is 8.47. The molecule has 4 N–H and O–H groups in total. The minimum Gasteiger partial charge on any atom is -0.325 e. The summed E-state index contributed by atoms with van der Waals surface area (Å²) in [5.41, 5.74) is 0.940. The van der Waals surface area contributed by atoms with Gasteiger partial charge >= 0.3 is 0 Å². The molecule has 0 heterocycles. The molecule has 3 rings (SSSR count). The van der Waals surface area contributed by atoms with E-state index in [4.69, 9.17) is 0 Å². The molecule has 0 saturated heterocycles. The zero-order valence-electron chi connectivity index (χ0n) is 18.7. The van der Waals surface area contributed by atoms with Gasteiger partial charge in [0.1, 0.15) is 4.90 Å². The summed E-state index contributed by atoms with van der Waals surface area (Å²) in [6.45, 7) is 2.12. The molecule has 1 aliphatic carbocycles. The Morgan fingerprint density at radius 2 is 1.49 bits per heavy atom. The van der Waals surface area contributed by atoms with Crippen LogP contribution >= 0.6 is 0 Å². The highest BCUT2D eigenvalue weighted by molar-refractivity contribution is 7.93. The molecule has 1 saturated carbocycles. The molecule has 0 unspecified atom stereocenters. The van der Waals surface area contributed by atoms with Gasteiger partial charge in [0.2, 0.25) is 15.9 Å². The topological polar surface area (TPSA) is 184 Å². The minimum atomic E-state index is -4.67. The fourth-order valence-electron chi connectivity index (χ4n) is 2.85. The largest absolute Gasteiger partial charge is 0.325 e. The van der Waals surface area contributed by atoms with Crippen LogP contribution in [0.2, 0.25) is 0 Å². The first kappa shape index (κ1) is 26.8. The van der Waals surface area contributed by atoms with Crippen molar-refractivity contribution < 1.29 is 39.2 Å². The predicted molar refractivity (Wildman–Crippen MR) is 131 cm³/mol. The van der Waals surface area contributed by atoms with Gasteiger partial charge < -0.3 is 5.32 Å². The molecular formula is C21H24N2O9S3. The summed E-state index contributed by atoms with van der Waals surface area (Å²) in [6, 6.07) is 9.80. The number of benzene rings is 2. The van der Waals surface area contributed by atoms with Gasteiger partial charge in [0, 0.05) is 11.4 Å². The summed E-state index contributed by atoms with van der Waals surface area (Å²) in [5.74, 6) is -0.932. The van der Waals surface area contributed by atoms with Crippen LogP contribution in [0.3, 0.4) is 0 Å². The Hall–Kier alpha value is -2.78. The average molecular weight is 545 g/mol. The molecule has 0 spiro atoms. The van der Waals surface area contributed by atoms with E-state index in [9.17, 15) is 39.2 Å². The summed E-state index contributed by atoms with van der Waals surface area (Å²) in [4.78, 5) is 11.7. The highest BCUT2D eigenvalue weighted by Crippen LogP contribution is 2.31. The van der Waals surface area contributed by atoms with Gasteiger partial charge in [-0.05, 0) is 62.1 Å². The van der Waals surface area contributed by atoms with E-state index in [1.165, 1.54) is 36.4 Å². The minimum absolute atomic E-state index is 0.00888. The van der Waals surface area contributed by atoms with Crippen LogP contribution in [0.1, 0.15) is 37.8 Å². The maximum Gasteiger partial charge on any atom is 0.295 e. The summed E-state index contributed by atoms with van der Waals surface area (Å²) in [5, 5.41) is 1.87. The lowest BCUT2D eigenvalue weighted by atomic mass is 10.1.